The van der Waals surface area contributed by atoms with E-state index >= 15 is 0 Å². The SMILES string of the molecule is Cc1ccc(NCCNCc2cccs2)c(C)c1. The third-order valence-corrected chi connectivity index (χ3v) is 3.75. The normalized spacial score (nSPS) is 10.6. The summed E-state index contributed by atoms with van der Waals surface area (Å²) in [4.78, 5) is 1.39. The fourth-order valence-electron chi connectivity index (χ4n) is 1.92. The van der Waals surface area contributed by atoms with E-state index in [0.717, 1.165) is 19.6 Å². The van der Waals surface area contributed by atoms with Crippen molar-refractivity contribution < 1.29 is 0 Å². The Balaban J connectivity index is 1.69. The average molecular weight is 260 g/mol. The molecule has 2 aromatic rings. The van der Waals surface area contributed by atoms with Crippen LogP contribution in [-0.4, -0.2) is 13.1 Å². The van der Waals surface area contributed by atoms with E-state index in [0.29, 0.717) is 0 Å². The molecule has 0 fully saturated rings. The fourth-order valence-corrected chi connectivity index (χ4v) is 2.60. The first-order valence-electron chi connectivity index (χ1n) is 6.30. The van der Waals surface area contributed by atoms with Crippen LogP contribution in [0.1, 0.15) is 16.0 Å². The highest BCUT2D eigenvalue weighted by atomic mass is 32.1. The molecular weight excluding hydrogens is 240 g/mol. The van der Waals surface area contributed by atoms with Gasteiger partial charge in [0.2, 0.25) is 0 Å². The number of aryl methyl sites for hydroxylation is 2. The Hall–Kier alpha value is -1.32. The molecular formula is C15H20N2S. The molecule has 18 heavy (non-hydrogen) atoms. The highest BCUT2D eigenvalue weighted by Gasteiger charge is 1.97. The van der Waals surface area contributed by atoms with E-state index in [1.165, 1.54) is 21.7 Å². The lowest BCUT2D eigenvalue weighted by Gasteiger charge is -2.10. The summed E-state index contributed by atoms with van der Waals surface area (Å²) in [6.45, 7) is 7.17. The summed E-state index contributed by atoms with van der Waals surface area (Å²) in [7, 11) is 0. The van der Waals surface area contributed by atoms with Gasteiger partial charge in [0.25, 0.3) is 0 Å². The number of benzene rings is 1. The summed E-state index contributed by atoms with van der Waals surface area (Å²) >= 11 is 1.80. The van der Waals surface area contributed by atoms with E-state index in [1.54, 1.807) is 11.3 Å². The van der Waals surface area contributed by atoms with E-state index in [2.05, 4.69) is 60.2 Å². The molecule has 0 aliphatic rings. The zero-order valence-electron chi connectivity index (χ0n) is 11.0. The lowest BCUT2D eigenvalue weighted by Crippen LogP contribution is -2.21. The van der Waals surface area contributed by atoms with Crippen LogP contribution in [0.5, 0.6) is 0 Å². The summed E-state index contributed by atoms with van der Waals surface area (Å²) in [5.41, 5.74) is 3.86. The van der Waals surface area contributed by atoms with E-state index in [4.69, 9.17) is 0 Å². The summed E-state index contributed by atoms with van der Waals surface area (Å²) < 4.78 is 0. The van der Waals surface area contributed by atoms with Crippen LogP contribution in [-0.2, 0) is 6.54 Å². The zero-order chi connectivity index (χ0) is 12.8. The number of nitrogens with one attached hydrogen (secondary N) is 2. The van der Waals surface area contributed by atoms with Gasteiger partial charge >= 0.3 is 0 Å². The summed E-state index contributed by atoms with van der Waals surface area (Å²) in [6, 6.07) is 10.8. The molecule has 0 saturated heterocycles. The first kappa shape index (κ1) is 13.1. The van der Waals surface area contributed by atoms with E-state index in [1.807, 2.05) is 0 Å². The second-order valence-electron chi connectivity index (χ2n) is 4.50. The van der Waals surface area contributed by atoms with Gasteiger partial charge in [-0.25, -0.2) is 0 Å². The molecule has 1 heterocycles. The Kier molecular flexibility index (Phi) is 4.79. The van der Waals surface area contributed by atoms with E-state index in [-0.39, 0.29) is 0 Å². The zero-order valence-corrected chi connectivity index (χ0v) is 11.8. The molecule has 3 heteroatoms. The quantitative estimate of drug-likeness (QED) is 0.776. The third-order valence-electron chi connectivity index (χ3n) is 2.88. The molecule has 0 bridgehead atoms. The van der Waals surface area contributed by atoms with Crippen molar-refractivity contribution >= 4 is 17.0 Å². The number of rotatable bonds is 6. The van der Waals surface area contributed by atoms with Crippen molar-refractivity contribution in [3.05, 3.63) is 51.7 Å². The number of thiophene rings is 1. The predicted octanol–water partition coefficient (Wildman–Crippen LogP) is 3.57. The highest BCUT2D eigenvalue weighted by molar-refractivity contribution is 7.09. The molecule has 0 radical (unpaired) electrons. The Morgan fingerprint density at radius 3 is 2.72 bits per heavy atom. The smallest absolute Gasteiger partial charge is 0.0370 e. The Morgan fingerprint density at radius 1 is 1.11 bits per heavy atom. The van der Waals surface area contributed by atoms with Crippen LogP contribution in [0.2, 0.25) is 0 Å². The molecule has 0 spiro atoms. The van der Waals surface area contributed by atoms with Gasteiger partial charge in [0.1, 0.15) is 0 Å². The largest absolute Gasteiger partial charge is 0.384 e. The summed E-state index contributed by atoms with van der Waals surface area (Å²) in [5.74, 6) is 0. The number of hydrogen-bond acceptors (Lipinski definition) is 3. The van der Waals surface area contributed by atoms with Crippen LogP contribution in [0.25, 0.3) is 0 Å². The maximum absolute atomic E-state index is 3.46. The van der Waals surface area contributed by atoms with Gasteiger partial charge in [0.05, 0.1) is 0 Å². The molecule has 0 atom stereocenters. The van der Waals surface area contributed by atoms with Crippen LogP contribution in [0.3, 0.4) is 0 Å². The minimum absolute atomic E-state index is 0.954. The Morgan fingerprint density at radius 2 is 2.00 bits per heavy atom. The van der Waals surface area contributed by atoms with Crippen LogP contribution < -0.4 is 10.6 Å². The number of anilines is 1. The first-order chi connectivity index (χ1) is 8.75. The van der Waals surface area contributed by atoms with Crippen LogP contribution >= 0.6 is 11.3 Å². The topological polar surface area (TPSA) is 24.1 Å². The molecule has 0 aliphatic carbocycles. The minimum atomic E-state index is 0.954. The molecule has 2 N–H and O–H groups in total. The lowest BCUT2D eigenvalue weighted by atomic mass is 10.1. The predicted molar refractivity (Wildman–Crippen MR) is 80.4 cm³/mol. The van der Waals surface area contributed by atoms with Gasteiger partial charge in [0.15, 0.2) is 0 Å². The van der Waals surface area contributed by atoms with E-state index < -0.39 is 0 Å². The Bertz CT molecular complexity index is 477. The number of hydrogen-bond donors (Lipinski definition) is 2. The van der Waals surface area contributed by atoms with Crippen LogP contribution in [0, 0.1) is 13.8 Å². The van der Waals surface area contributed by atoms with Crippen molar-refractivity contribution in [3.63, 3.8) is 0 Å². The van der Waals surface area contributed by atoms with Gasteiger partial charge in [0, 0.05) is 30.2 Å². The minimum Gasteiger partial charge on any atom is -0.384 e. The Labute approximate surface area is 113 Å². The maximum atomic E-state index is 3.46. The molecule has 0 saturated carbocycles. The second kappa shape index (κ2) is 6.57. The fraction of sp³-hybridized carbons (Fsp3) is 0.333. The standard InChI is InChI=1S/C15H20N2S/c1-12-5-6-15(13(2)10-12)17-8-7-16-11-14-4-3-9-18-14/h3-6,9-10,16-17H,7-8,11H2,1-2H3. The van der Waals surface area contributed by atoms with Gasteiger partial charge in [-0.2, -0.15) is 0 Å². The van der Waals surface area contributed by atoms with Gasteiger partial charge < -0.3 is 10.6 Å². The maximum Gasteiger partial charge on any atom is 0.0370 e. The highest BCUT2D eigenvalue weighted by Crippen LogP contribution is 2.15. The average Bonchev–Trinajstić information content (AvgIpc) is 2.84. The molecule has 1 aromatic carbocycles. The lowest BCUT2D eigenvalue weighted by molar-refractivity contribution is 0.714. The van der Waals surface area contributed by atoms with Crippen molar-refractivity contribution in [1.82, 2.24) is 5.32 Å². The summed E-state index contributed by atoms with van der Waals surface area (Å²) in [5, 5.41) is 9.01. The van der Waals surface area contributed by atoms with Gasteiger partial charge in [-0.1, -0.05) is 23.8 Å². The molecule has 0 amide bonds. The van der Waals surface area contributed by atoms with Crippen molar-refractivity contribution in [2.75, 3.05) is 18.4 Å². The van der Waals surface area contributed by atoms with Crippen molar-refractivity contribution in [3.8, 4) is 0 Å². The molecule has 1 aromatic heterocycles. The van der Waals surface area contributed by atoms with Gasteiger partial charge in [-0.05, 0) is 36.9 Å². The van der Waals surface area contributed by atoms with Crippen molar-refractivity contribution in [1.29, 1.82) is 0 Å². The molecule has 2 rings (SSSR count). The summed E-state index contributed by atoms with van der Waals surface area (Å²) in [6.07, 6.45) is 0. The second-order valence-corrected chi connectivity index (χ2v) is 5.53. The van der Waals surface area contributed by atoms with Crippen LogP contribution in [0.15, 0.2) is 35.7 Å². The van der Waals surface area contributed by atoms with Gasteiger partial charge in [-0.15, -0.1) is 11.3 Å². The third kappa shape index (κ3) is 3.86. The molecule has 0 aliphatic heterocycles. The molecule has 2 nitrogen and oxygen atoms in total. The first-order valence-corrected chi connectivity index (χ1v) is 7.18. The van der Waals surface area contributed by atoms with Crippen LogP contribution in [0.4, 0.5) is 5.69 Å². The van der Waals surface area contributed by atoms with E-state index in [9.17, 15) is 0 Å². The van der Waals surface area contributed by atoms with Crippen molar-refractivity contribution in [2.45, 2.75) is 20.4 Å². The van der Waals surface area contributed by atoms with Crippen molar-refractivity contribution in [2.24, 2.45) is 0 Å². The monoisotopic (exact) mass is 260 g/mol. The molecule has 96 valence electrons. The molecule has 0 unspecified atom stereocenters. The van der Waals surface area contributed by atoms with Gasteiger partial charge in [-0.3, -0.25) is 0 Å².